The SMILES string of the molecule is O=S(=O)(c1cccc(O)c1)N1CCN(CC2CC2)CC1. The summed E-state index contributed by atoms with van der Waals surface area (Å²) in [5.41, 5.74) is 0. The van der Waals surface area contributed by atoms with Crippen LogP contribution in [-0.4, -0.2) is 55.5 Å². The van der Waals surface area contributed by atoms with E-state index in [4.69, 9.17) is 0 Å². The first-order valence-corrected chi connectivity index (χ1v) is 8.51. The van der Waals surface area contributed by atoms with Crippen LogP contribution in [-0.2, 0) is 10.0 Å². The zero-order valence-electron chi connectivity index (χ0n) is 11.4. The molecular formula is C14H20N2O3S. The molecule has 1 aromatic rings. The van der Waals surface area contributed by atoms with Crippen molar-refractivity contribution < 1.29 is 13.5 Å². The lowest BCUT2D eigenvalue weighted by atomic mass is 10.3. The highest BCUT2D eigenvalue weighted by Crippen LogP contribution is 2.30. The second-order valence-corrected chi connectivity index (χ2v) is 7.58. The first-order chi connectivity index (χ1) is 9.55. The molecular weight excluding hydrogens is 276 g/mol. The van der Waals surface area contributed by atoms with E-state index in [-0.39, 0.29) is 10.6 Å². The predicted molar refractivity (Wildman–Crippen MR) is 76.0 cm³/mol. The van der Waals surface area contributed by atoms with Crippen molar-refractivity contribution in [3.63, 3.8) is 0 Å². The molecule has 1 aliphatic carbocycles. The van der Waals surface area contributed by atoms with Gasteiger partial charge in [-0.1, -0.05) is 6.07 Å². The first-order valence-electron chi connectivity index (χ1n) is 7.07. The van der Waals surface area contributed by atoms with E-state index in [2.05, 4.69) is 4.90 Å². The summed E-state index contributed by atoms with van der Waals surface area (Å²) in [4.78, 5) is 2.53. The number of phenolic OH excluding ortho intramolecular Hbond substituents is 1. The van der Waals surface area contributed by atoms with Crippen molar-refractivity contribution in [3.05, 3.63) is 24.3 Å². The largest absolute Gasteiger partial charge is 0.508 e. The third-order valence-electron chi connectivity index (χ3n) is 4.00. The summed E-state index contributed by atoms with van der Waals surface area (Å²) in [6.45, 7) is 3.78. The monoisotopic (exact) mass is 296 g/mol. The Labute approximate surface area is 119 Å². The van der Waals surface area contributed by atoms with E-state index >= 15 is 0 Å². The van der Waals surface area contributed by atoms with Crippen molar-refractivity contribution >= 4 is 10.0 Å². The van der Waals surface area contributed by atoms with Gasteiger partial charge in [0.15, 0.2) is 0 Å². The molecule has 0 radical (unpaired) electrons. The van der Waals surface area contributed by atoms with Gasteiger partial charge < -0.3 is 10.0 Å². The molecule has 1 saturated heterocycles. The molecule has 0 spiro atoms. The van der Waals surface area contributed by atoms with Crippen LogP contribution in [0.3, 0.4) is 0 Å². The Bertz CT molecular complexity index is 576. The Kier molecular flexibility index (Phi) is 3.70. The topological polar surface area (TPSA) is 60.9 Å². The third-order valence-corrected chi connectivity index (χ3v) is 5.89. The molecule has 0 bridgehead atoms. The van der Waals surface area contributed by atoms with Crippen molar-refractivity contribution in [1.82, 2.24) is 9.21 Å². The van der Waals surface area contributed by atoms with Crippen LogP contribution in [0, 0.1) is 5.92 Å². The maximum atomic E-state index is 12.5. The van der Waals surface area contributed by atoms with Crippen LogP contribution in [0.2, 0.25) is 0 Å². The molecule has 1 N–H and O–H groups in total. The number of sulfonamides is 1. The number of aromatic hydroxyl groups is 1. The van der Waals surface area contributed by atoms with E-state index in [1.54, 1.807) is 6.07 Å². The van der Waals surface area contributed by atoms with Gasteiger partial charge in [-0.05, 0) is 37.0 Å². The summed E-state index contributed by atoms with van der Waals surface area (Å²) < 4.78 is 26.5. The molecule has 3 rings (SSSR count). The predicted octanol–water partition coefficient (Wildman–Crippen LogP) is 1.11. The maximum absolute atomic E-state index is 12.5. The Morgan fingerprint density at radius 3 is 2.45 bits per heavy atom. The zero-order valence-corrected chi connectivity index (χ0v) is 12.2. The van der Waals surface area contributed by atoms with Crippen LogP contribution in [0.1, 0.15) is 12.8 Å². The molecule has 1 aromatic carbocycles. The van der Waals surface area contributed by atoms with E-state index in [0.717, 1.165) is 25.6 Å². The van der Waals surface area contributed by atoms with E-state index < -0.39 is 10.0 Å². The van der Waals surface area contributed by atoms with Crippen LogP contribution >= 0.6 is 0 Å². The van der Waals surface area contributed by atoms with E-state index in [1.165, 1.54) is 35.3 Å². The van der Waals surface area contributed by atoms with Crippen LogP contribution in [0.4, 0.5) is 0 Å². The van der Waals surface area contributed by atoms with Gasteiger partial charge in [0.05, 0.1) is 4.90 Å². The third kappa shape index (κ3) is 2.97. The van der Waals surface area contributed by atoms with Crippen molar-refractivity contribution in [2.75, 3.05) is 32.7 Å². The Morgan fingerprint density at radius 2 is 1.85 bits per heavy atom. The number of nitrogens with zero attached hydrogens (tertiary/aromatic N) is 2. The van der Waals surface area contributed by atoms with Gasteiger partial charge >= 0.3 is 0 Å². The van der Waals surface area contributed by atoms with Crippen LogP contribution in [0.25, 0.3) is 0 Å². The molecule has 0 amide bonds. The molecule has 0 atom stereocenters. The fourth-order valence-electron chi connectivity index (χ4n) is 2.61. The van der Waals surface area contributed by atoms with E-state index in [0.29, 0.717) is 13.1 Å². The fraction of sp³-hybridized carbons (Fsp3) is 0.571. The lowest BCUT2D eigenvalue weighted by Gasteiger charge is -2.34. The minimum Gasteiger partial charge on any atom is -0.508 e. The van der Waals surface area contributed by atoms with E-state index in [1.807, 2.05) is 0 Å². The fourth-order valence-corrected chi connectivity index (χ4v) is 4.07. The van der Waals surface area contributed by atoms with Gasteiger partial charge in [-0.3, -0.25) is 0 Å². The van der Waals surface area contributed by atoms with Crippen molar-refractivity contribution in [2.24, 2.45) is 5.92 Å². The Morgan fingerprint density at radius 1 is 1.15 bits per heavy atom. The van der Waals surface area contributed by atoms with Crippen LogP contribution in [0.15, 0.2) is 29.2 Å². The van der Waals surface area contributed by atoms with Gasteiger partial charge in [0, 0.05) is 32.7 Å². The second kappa shape index (κ2) is 5.35. The second-order valence-electron chi connectivity index (χ2n) is 5.65. The number of rotatable bonds is 4. The Balaban J connectivity index is 1.66. The summed E-state index contributed by atoms with van der Waals surface area (Å²) in [6.07, 6.45) is 2.64. The minimum absolute atomic E-state index is 0.0153. The summed E-state index contributed by atoms with van der Waals surface area (Å²) in [7, 11) is -3.47. The van der Waals surface area contributed by atoms with Crippen LogP contribution in [0.5, 0.6) is 5.75 Å². The highest BCUT2D eigenvalue weighted by atomic mass is 32.2. The quantitative estimate of drug-likeness (QED) is 0.904. The summed E-state index contributed by atoms with van der Waals surface area (Å²) in [6, 6.07) is 5.88. The number of piperazine rings is 1. The zero-order chi connectivity index (χ0) is 14.2. The summed E-state index contributed by atoms with van der Waals surface area (Å²) in [5, 5.41) is 9.43. The molecule has 1 aliphatic heterocycles. The average molecular weight is 296 g/mol. The van der Waals surface area contributed by atoms with Gasteiger partial charge in [-0.25, -0.2) is 8.42 Å². The number of hydrogen-bond donors (Lipinski definition) is 1. The molecule has 1 heterocycles. The summed E-state index contributed by atoms with van der Waals surface area (Å²) >= 11 is 0. The standard InChI is InChI=1S/C14H20N2O3S/c17-13-2-1-3-14(10-13)20(18,19)16-8-6-15(7-9-16)11-12-4-5-12/h1-3,10,12,17H,4-9,11H2. The number of phenols is 1. The molecule has 5 nitrogen and oxygen atoms in total. The highest BCUT2D eigenvalue weighted by Gasteiger charge is 2.31. The van der Waals surface area contributed by atoms with Gasteiger partial charge in [0.25, 0.3) is 0 Å². The number of benzene rings is 1. The normalized spacial score (nSPS) is 22.0. The summed E-state index contributed by atoms with van der Waals surface area (Å²) in [5.74, 6) is 0.822. The lowest BCUT2D eigenvalue weighted by molar-refractivity contribution is 0.182. The minimum atomic E-state index is -3.47. The van der Waals surface area contributed by atoms with Gasteiger partial charge in [0.2, 0.25) is 10.0 Å². The van der Waals surface area contributed by atoms with Crippen molar-refractivity contribution in [3.8, 4) is 5.75 Å². The number of hydrogen-bond acceptors (Lipinski definition) is 4. The van der Waals surface area contributed by atoms with Crippen LogP contribution < -0.4 is 0 Å². The Hall–Kier alpha value is -1.11. The highest BCUT2D eigenvalue weighted by molar-refractivity contribution is 7.89. The van der Waals surface area contributed by atoms with Gasteiger partial charge in [0.1, 0.15) is 5.75 Å². The maximum Gasteiger partial charge on any atom is 0.243 e. The molecule has 20 heavy (non-hydrogen) atoms. The first kappa shape index (κ1) is 13.9. The van der Waals surface area contributed by atoms with Crippen molar-refractivity contribution in [1.29, 1.82) is 0 Å². The van der Waals surface area contributed by atoms with Crippen molar-refractivity contribution in [2.45, 2.75) is 17.7 Å². The smallest absolute Gasteiger partial charge is 0.243 e. The molecule has 0 unspecified atom stereocenters. The molecule has 6 heteroatoms. The van der Waals surface area contributed by atoms with E-state index in [9.17, 15) is 13.5 Å². The molecule has 0 aromatic heterocycles. The lowest BCUT2D eigenvalue weighted by Crippen LogP contribution is -2.49. The molecule has 2 fully saturated rings. The molecule has 2 aliphatic rings. The molecule has 1 saturated carbocycles. The molecule has 110 valence electrons. The van der Waals surface area contributed by atoms with Gasteiger partial charge in [-0.2, -0.15) is 4.31 Å². The van der Waals surface area contributed by atoms with Gasteiger partial charge in [-0.15, -0.1) is 0 Å². The average Bonchev–Trinajstić information content (AvgIpc) is 3.23.